The van der Waals surface area contributed by atoms with Crippen LogP contribution >= 0.6 is 0 Å². The number of amides is 1. The quantitative estimate of drug-likeness (QED) is 0.269. The van der Waals surface area contributed by atoms with Crippen LogP contribution in [0.25, 0.3) is 5.76 Å². The van der Waals surface area contributed by atoms with E-state index in [0.29, 0.717) is 29.2 Å². The number of anilines is 1. The maximum absolute atomic E-state index is 13.5. The number of carbonyl (C=O) groups excluding carboxylic acids is 2. The number of ketones is 1. The molecule has 3 aromatic rings. The van der Waals surface area contributed by atoms with Crippen molar-refractivity contribution in [2.75, 3.05) is 11.5 Å². The van der Waals surface area contributed by atoms with Gasteiger partial charge in [0.05, 0.1) is 11.6 Å². The average molecular weight is 434 g/mol. The van der Waals surface area contributed by atoms with Crippen molar-refractivity contribution < 1.29 is 28.3 Å². The predicted molar refractivity (Wildman–Crippen MR) is 115 cm³/mol. The van der Waals surface area contributed by atoms with Gasteiger partial charge in [0, 0.05) is 11.6 Å². The minimum Gasteiger partial charge on any atom is -0.507 e. The van der Waals surface area contributed by atoms with Crippen LogP contribution in [-0.4, -0.2) is 28.6 Å². The standard InChI is InChI=1S/C24H19FN2O5/c1-3-12-31-18-10-6-16(7-11-18)22(28)20-21(15-4-8-17(25)9-5-15)27(24(30)23(20)29)19-13-14(2)32-26-19/h3-11,13,21,28H,1,12H2,2H3. The van der Waals surface area contributed by atoms with E-state index in [1.54, 1.807) is 37.3 Å². The monoisotopic (exact) mass is 434 g/mol. The van der Waals surface area contributed by atoms with Crippen molar-refractivity contribution >= 4 is 23.3 Å². The lowest BCUT2D eigenvalue weighted by molar-refractivity contribution is -0.132. The molecule has 0 saturated carbocycles. The molecule has 162 valence electrons. The van der Waals surface area contributed by atoms with Gasteiger partial charge in [-0.05, 0) is 48.9 Å². The highest BCUT2D eigenvalue weighted by Crippen LogP contribution is 2.42. The third-order valence-electron chi connectivity index (χ3n) is 4.99. The van der Waals surface area contributed by atoms with E-state index in [9.17, 15) is 19.1 Å². The summed E-state index contributed by atoms with van der Waals surface area (Å²) in [6.45, 7) is 5.55. The number of hydrogen-bond acceptors (Lipinski definition) is 6. The van der Waals surface area contributed by atoms with Crippen LogP contribution in [0.4, 0.5) is 10.2 Å². The molecule has 1 fully saturated rings. The molecule has 2 heterocycles. The number of aliphatic hydroxyl groups is 1. The fraction of sp³-hybridized carbons (Fsp3) is 0.125. The second-order valence-corrected chi connectivity index (χ2v) is 7.14. The Hall–Kier alpha value is -4.20. The number of aliphatic hydroxyl groups excluding tert-OH is 1. The van der Waals surface area contributed by atoms with E-state index in [1.165, 1.54) is 30.3 Å². The van der Waals surface area contributed by atoms with Crippen molar-refractivity contribution in [3.05, 3.63) is 95.5 Å². The van der Waals surface area contributed by atoms with Crippen molar-refractivity contribution in [3.63, 3.8) is 0 Å². The molecule has 32 heavy (non-hydrogen) atoms. The molecule has 1 atom stereocenters. The number of aryl methyl sites for hydroxylation is 1. The summed E-state index contributed by atoms with van der Waals surface area (Å²) in [6, 6.07) is 12.2. The van der Waals surface area contributed by atoms with Crippen molar-refractivity contribution in [3.8, 4) is 5.75 Å². The number of Topliss-reactive ketones (excluding diaryl/α,β-unsaturated/α-hetero) is 1. The number of hydrogen-bond donors (Lipinski definition) is 1. The minimum absolute atomic E-state index is 0.117. The summed E-state index contributed by atoms with van der Waals surface area (Å²) in [7, 11) is 0. The Morgan fingerprint density at radius 2 is 1.91 bits per heavy atom. The third kappa shape index (κ3) is 3.78. The van der Waals surface area contributed by atoms with E-state index in [0.717, 1.165) is 4.90 Å². The zero-order valence-corrected chi connectivity index (χ0v) is 17.1. The number of benzene rings is 2. The Morgan fingerprint density at radius 3 is 2.50 bits per heavy atom. The molecule has 8 heteroatoms. The number of ether oxygens (including phenoxy) is 1. The largest absolute Gasteiger partial charge is 0.507 e. The minimum atomic E-state index is -1.02. The summed E-state index contributed by atoms with van der Waals surface area (Å²) in [5, 5.41) is 14.9. The molecule has 2 aromatic carbocycles. The first-order valence-electron chi connectivity index (χ1n) is 9.74. The van der Waals surface area contributed by atoms with E-state index in [1.807, 2.05) is 0 Å². The van der Waals surface area contributed by atoms with Gasteiger partial charge in [0.1, 0.15) is 29.7 Å². The highest BCUT2D eigenvalue weighted by molar-refractivity contribution is 6.51. The van der Waals surface area contributed by atoms with Crippen LogP contribution in [0.3, 0.4) is 0 Å². The van der Waals surface area contributed by atoms with E-state index >= 15 is 0 Å². The number of halogens is 1. The first kappa shape index (κ1) is 21.0. The summed E-state index contributed by atoms with van der Waals surface area (Å²) in [5.41, 5.74) is 0.609. The zero-order chi connectivity index (χ0) is 22.8. The topological polar surface area (TPSA) is 92.9 Å². The molecule has 1 N–H and O–H groups in total. The molecular formula is C24H19FN2O5. The fourth-order valence-electron chi connectivity index (χ4n) is 3.52. The highest BCUT2D eigenvalue weighted by atomic mass is 19.1. The number of carbonyl (C=O) groups is 2. The smallest absolute Gasteiger partial charge is 0.301 e. The number of rotatable bonds is 6. The Balaban J connectivity index is 1.84. The number of nitrogens with zero attached hydrogens (tertiary/aromatic N) is 2. The van der Waals surface area contributed by atoms with Crippen LogP contribution in [0, 0.1) is 12.7 Å². The average Bonchev–Trinajstić information content (AvgIpc) is 3.33. The van der Waals surface area contributed by atoms with Crippen LogP contribution in [-0.2, 0) is 9.59 Å². The van der Waals surface area contributed by atoms with Crippen molar-refractivity contribution in [2.24, 2.45) is 0 Å². The molecule has 0 radical (unpaired) electrons. The molecule has 0 spiro atoms. The molecule has 4 rings (SSSR count). The van der Waals surface area contributed by atoms with Crippen LogP contribution in [0.5, 0.6) is 5.75 Å². The van der Waals surface area contributed by atoms with Crippen LogP contribution < -0.4 is 9.64 Å². The molecule has 7 nitrogen and oxygen atoms in total. The van der Waals surface area contributed by atoms with Gasteiger partial charge in [0.15, 0.2) is 5.82 Å². The summed E-state index contributed by atoms with van der Waals surface area (Å²) in [4.78, 5) is 27.1. The van der Waals surface area contributed by atoms with E-state index in [4.69, 9.17) is 9.26 Å². The van der Waals surface area contributed by atoms with Gasteiger partial charge < -0.3 is 14.4 Å². The Kier molecular flexibility index (Phi) is 5.59. The van der Waals surface area contributed by atoms with Gasteiger partial charge >= 0.3 is 5.91 Å². The molecule has 1 aromatic heterocycles. The summed E-state index contributed by atoms with van der Waals surface area (Å²) >= 11 is 0. The van der Waals surface area contributed by atoms with Gasteiger partial charge in [-0.1, -0.05) is 29.9 Å². The second kappa shape index (κ2) is 8.50. The molecule has 1 aliphatic rings. The lowest BCUT2D eigenvalue weighted by Crippen LogP contribution is -2.29. The maximum atomic E-state index is 13.5. The van der Waals surface area contributed by atoms with Crippen LogP contribution in [0.1, 0.15) is 22.9 Å². The van der Waals surface area contributed by atoms with Crippen LogP contribution in [0.15, 0.2) is 77.3 Å². The van der Waals surface area contributed by atoms with E-state index in [2.05, 4.69) is 11.7 Å². The van der Waals surface area contributed by atoms with Crippen molar-refractivity contribution in [2.45, 2.75) is 13.0 Å². The predicted octanol–water partition coefficient (Wildman–Crippen LogP) is 4.31. The first-order valence-corrected chi connectivity index (χ1v) is 9.74. The first-order chi connectivity index (χ1) is 15.4. The van der Waals surface area contributed by atoms with Crippen LogP contribution in [0.2, 0.25) is 0 Å². The number of aromatic nitrogens is 1. The van der Waals surface area contributed by atoms with Gasteiger partial charge in [0.25, 0.3) is 5.78 Å². The zero-order valence-electron chi connectivity index (χ0n) is 17.1. The highest BCUT2D eigenvalue weighted by Gasteiger charge is 2.48. The lowest BCUT2D eigenvalue weighted by atomic mass is 9.95. The Bertz CT molecular complexity index is 1210. The molecular weight excluding hydrogens is 415 g/mol. The Morgan fingerprint density at radius 1 is 1.22 bits per heavy atom. The van der Waals surface area contributed by atoms with Gasteiger partial charge in [-0.15, -0.1) is 0 Å². The van der Waals surface area contributed by atoms with Gasteiger partial charge in [0.2, 0.25) is 0 Å². The second-order valence-electron chi connectivity index (χ2n) is 7.14. The van der Waals surface area contributed by atoms with Gasteiger partial charge in [-0.3, -0.25) is 14.5 Å². The third-order valence-corrected chi connectivity index (χ3v) is 4.99. The Labute approximate surface area is 183 Å². The normalized spacial score (nSPS) is 17.6. The maximum Gasteiger partial charge on any atom is 0.301 e. The van der Waals surface area contributed by atoms with Crippen molar-refractivity contribution in [1.29, 1.82) is 0 Å². The molecule has 1 aliphatic heterocycles. The van der Waals surface area contributed by atoms with E-state index in [-0.39, 0.29) is 17.2 Å². The van der Waals surface area contributed by atoms with Gasteiger partial charge in [-0.2, -0.15) is 0 Å². The molecule has 1 unspecified atom stereocenters. The fourth-order valence-corrected chi connectivity index (χ4v) is 3.52. The lowest BCUT2D eigenvalue weighted by Gasteiger charge is -2.22. The van der Waals surface area contributed by atoms with Gasteiger partial charge in [-0.25, -0.2) is 4.39 Å². The van der Waals surface area contributed by atoms with E-state index < -0.39 is 23.5 Å². The molecule has 0 bridgehead atoms. The molecule has 1 amide bonds. The van der Waals surface area contributed by atoms with Crippen molar-refractivity contribution in [1.82, 2.24) is 5.16 Å². The molecule has 0 aliphatic carbocycles. The molecule has 1 saturated heterocycles. The SMILES string of the molecule is C=CCOc1ccc(C(O)=C2C(=O)C(=O)N(c3cc(C)on3)C2c2ccc(F)cc2)cc1. The summed E-state index contributed by atoms with van der Waals surface area (Å²) in [5.74, 6) is -1.49. The summed E-state index contributed by atoms with van der Waals surface area (Å²) < 4.78 is 24.1. The summed E-state index contributed by atoms with van der Waals surface area (Å²) in [6.07, 6.45) is 1.60.